The third-order valence-corrected chi connectivity index (χ3v) is 14.5. The fraction of sp³-hybridized carbons (Fsp3) is 0.511. The summed E-state index contributed by atoms with van der Waals surface area (Å²) >= 11 is 0. The number of piperidine rings is 4. The number of nitrogens with one attached hydrogen (secondary N) is 1. The Morgan fingerprint density at radius 3 is 2.30 bits per heavy atom. The molecule has 7 aliphatic rings. The number of imide groups is 2. The summed E-state index contributed by atoms with van der Waals surface area (Å²) in [6, 6.07) is 13.3. The van der Waals surface area contributed by atoms with Crippen LogP contribution in [0.15, 0.2) is 48.7 Å². The molecule has 10 rings (SSSR count). The lowest BCUT2D eigenvalue weighted by atomic mass is 9.88. The van der Waals surface area contributed by atoms with E-state index in [9.17, 15) is 28.8 Å². The standard InChI is InChI=1S/C45H52N10O6/c1-50-17-18-54(45(50)61)30-3-2-14-52(22-30)38-21-47-40(41(46)57)36(48-38)19-26-4-6-27(7-5-26)28-12-15-51(16-13-28)23-33-34-24-53(25-35(33)34)29-8-9-31-32(20-29)44(60)55(43(31)59)37-10-11-39(56)49-42(37)58/h4-9,20-21,28,30,33-35,37H,2-3,10-19,22-25H2,1H3,(H2,46,57)(H,49,56,58)/t30-,33?,34-,35+,37?/m1/s1. The molecule has 2 aromatic carbocycles. The predicted octanol–water partition coefficient (Wildman–Crippen LogP) is 2.47. The molecule has 7 heterocycles. The summed E-state index contributed by atoms with van der Waals surface area (Å²) < 4.78 is 0. The molecule has 5 saturated heterocycles. The molecule has 5 atom stereocenters. The number of likely N-dealkylation sites (tertiary alicyclic amines) is 1. The van der Waals surface area contributed by atoms with E-state index in [2.05, 4.69) is 49.3 Å². The molecular weight excluding hydrogens is 777 g/mol. The molecule has 1 aliphatic carbocycles. The fourth-order valence-electron chi connectivity index (χ4n) is 11.0. The molecule has 3 N–H and O–H groups in total. The fourth-order valence-corrected chi connectivity index (χ4v) is 11.0. The molecule has 7 amide bonds. The summed E-state index contributed by atoms with van der Waals surface area (Å²) in [5.41, 5.74) is 10.4. The minimum Gasteiger partial charge on any atom is -0.371 e. The Labute approximate surface area is 354 Å². The van der Waals surface area contributed by atoms with Crippen molar-refractivity contribution >= 4 is 47.1 Å². The molecule has 6 aliphatic heterocycles. The molecule has 2 unspecified atom stereocenters. The predicted molar refractivity (Wildman–Crippen MR) is 224 cm³/mol. The summed E-state index contributed by atoms with van der Waals surface area (Å²) in [4.78, 5) is 97.0. The van der Waals surface area contributed by atoms with Crippen LogP contribution >= 0.6 is 0 Å². The SMILES string of the molecule is CN1CCN([C@@H]2CCCN(c3cnc(C(N)=O)c(Cc4ccc(C5CCN(CC6[C@H]7CN(c8ccc9c(c8)C(=O)N(C8CCC(=O)NC8=O)C9=O)C[C@@H]67)CC5)cc4)n3)C2)C1=O. The summed E-state index contributed by atoms with van der Waals surface area (Å²) in [5, 5.41) is 2.25. The number of rotatable bonds is 10. The second-order valence-corrected chi connectivity index (χ2v) is 18.1. The molecule has 16 nitrogen and oxygen atoms in total. The van der Waals surface area contributed by atoms with Gasteiger partial charge in [-0.25, -0.2) is 14.8 Å². The second kappa shape index (κ2) is 15.5. The van der Waals surface area contributed by atoms with Gasteiger partial charge in [0, 0.05) is 71.4 Å². The maximum Gasteiger partial charge on any atom is 0.320 e. The van der Waals surface area contributed by atoms with Crippen molar-refractivity contribution in [2.24, 2.45) is 23.5 Å². The van der Waals surface area contributed by atoms with Gasteiger partial charge in [0.1, 0.15) is 17.6 Å². The number of carbonyl (C=O) groups is 6. The van der Waals surface area contributed by atoms with E-state index in [0.717, 1.165) is 94.2 Å². The molecule has 0 bridgehead atoms. The topological polar surface area (TPSA) is 186 Å². The van der Waals surface area contributed by atoms with Crippen molar-refractivity contribution < 1.29 is 28.8 Å². The first-order valence-electron chi connectivity index (χ1n) is 21.8. The highest BCUT2D eigenvalue weighted by molar-refractivity contribution is 6.23. The molecule has 3 aromatic rings. The molecular formula is C45H52N10O6. The average molecular weight is 829 g/mol. The van der Waals surface area contributed by atoms with Gasteiger partial charge in [-0.2, -0.15) is 0 Å². The smallest absolute Gasteiger partial charge is 0.320 e. The summed E-state index contributed by atoms with van der Waals surface area (Å²) in [6.07, 6.45) is 6.41. The van der Waals surface area contributed by atoms with Gasteiger partial charge in [0.05, 0.1) is 29.1 Å². The lowest BCUT2D eigenvalue weighted by Gasteiger charge is -2.37. The van der Waals surface area contributed by atoms with Crippen molar-refractivity contribution in [3.8, 4) is 0 Å². The van der Waals surface area contributed by atoms with Crippen LogP contribution in [0.1, 0.15) is 92.5 Å². The van der Waals surface area contributed by atoms with Crippen molar-refractivity contribution in [2.45, 2.75) is 62.9 Å². The number of nitrogens with zero attached hydrogens (tertiary/aromatic N) is 8. The van der Waals surface area contributed by atoms with Crippen LogP contribution in [0.4, 0.5) is 16.3 Å². The molecule has 61 heavy (non-hydrogen) atoms. The van der Waals surface area contributed by atoms with Crippen molar-refractivity contribution in [3.63, 3.8) is 0 Å². The minimum atomic E-state index is -0.966. The Morgan fingerprint density at radius 1 is 0.836 bits per heavy atom. The van der Waals surface area contributed by atoms with Gasteiger partial charge in [-0.05, 0) is 98.2 Å². The Morgan fingerprint density at radius 2 is 1.59 bits per heavy atom. The van der Waals surface area contributed by atoms with E-state index in [1.165, 1.54) is 5.56 Å². The average Bonchev–Trinajstić information content (AvgIpc) is 3.50. The van der Waals surface area contributed by atoms with Crippen molar-refractivity contribution in [1.29, 1.82) is 0 Å². The number of hydrogen-bond donors (Lipinski definition) is 2. The molecule has 0 radical (unpaired) electrons. The van der Waals surface area contributed by atoms with E-state index in [4.69, 9.17) is 10.7 Å². The highest BCUT2D eigenvalue weighted by atomic mass is 16.2. The summed E-state index contributed by atoms with van der Waals surface area (Å²) in [5.74, 6) is 0.535. The van der Waals surface area contributed by atoms with Crippen LogP contribution < -0.4 is 20.9 Å². The lowest BCUT2D eigenvalue weighted by Crippen LogP contribution is -2.54. The van der Waals surface area contributed by atoms with Crippen LogP contribution in [0.3, 0.4) is 0 Å². The van der Waals surface area contributed by atoms with E-state index >= 15 is 0 Å². The highest BCUT2D eigenvalue weighted by Gasteiger charge is 2.56. The van der Waals surface area contributed by atoms with E-state index in [-0.39, 0.29) is 36.5 Å². The van der Waals surface area contributed by atoms with Crippen LogP contribution in [0.25, 0.3) is 0 Å². The molecule has 1 aromatic heterocycles. The number of carbonyl (C=O) groups excluding carboxylic acids is 6. The second-order valence-electron chi connectivity index (χ2n) is 18.1. The quantitative estimate of drug-likeness (QED) is 0.286. The van der Waals surface area contributed by atoms with Gasteiger partial charge in [-0.15, -0.1) is 0 Å². The van der Waals surface area contributed by atoms with Crippen molar-refractivity contribution in [3.05, 3.63) is 82.3 Å². The first-order chi connectivity index (χ1) is 29.5. The number of likely N-dealkylation sites (N-methyl/N-ethyl adjacent to an activating group) is 1. The summed E-state index contributed by atoms with van der Waals surface area (Å²) in [7, 11) is 1.84. The highest BCUT2D eigenvalue weighted by Crippen LogP contribution is 2.53. The van der Waals surface area contributed by atoms with Crippen LogP contribution in [0.5, 0.6) is 0 Å². The monoisotopic (exact) mass is 828 g/mol. The zero-order valence-corrected chi connectivity index (χ0v) is 34.5. The number of fused-ring (bicyclic) bond motifs is 2. The van der Waals surface area contributed by atoms with E-state index < -0.39 is 29.7 Å². The van der Waals surface area contributed by atoms with Crippen molar-refractivity contribution in [1.82, 2.24) is 34.9 Å². The number of aromatic nitrogens is 2. The number of benzene rings is 2. The Bertz CT molecular complexity index is 2300. The molecule has 0 spiro atoms. The van der Waals surface area contributed by atoms with Crippen LogP contribution in [0.2, 0.25) is 0 Å². The van der Waals surface area contributed by atoms with Gasteiger partial charge in [0.25, 0.3) is 17.7 Å². The largest absolute Gasteiger partial charge is 0.371 e. The molecule has 16 heteroatoms. The zero-order chi connectivity index (χ0) is 42.1. The summed E-state index contributed by atoms with van der Waals surface area (Å²) in [6.45, 7) is 8.02. The molecule has 6 fully saturated rings. The Balaban J connectivity index is 0.707. The lowest BCUT2D eigenvalue weighted by molar-refractivity contribution is -0.136. The van der Waals surface area contributed by atoms with Crippen LogP contribution in [-0.4, -0.2) is 143 Å². The number of amides is 7. The first-order valence-corrected chi connectivity index (χ1v) is 21.8. The zero-order valence-electron chi connectivity index (χ0n) is 34.5. The van der Waals surface area contributed by atoms with E-state index in [0.29, 0.717) is 59.3 Å². The van der Waals surface area contributed by atoms with Gasteiger partial charge in [-0.1, -0.05) is 24.3 Å². The molecule has 1 saturated carbocycles. The Kier molecular flexibility index (Phi) is 9.99. The first kappa shape index (κ1) is 39.2. The van der Waals surface area contributed by atoms with Crippen LogP contribution in [-0.2, 0) is 16.0 Å². The van der Waals surface area contributed by atoms with Gasteiger partial charge in [0.2, 0.25) is 11.8 Å². The third kappa shape index (κ3) is 7.27. The van der Waals surface area contributed by atoms with Gasteiger partial charge in [-0.3, -0.25) is 34.2 Å². The van der Waals surface area contributed by atoms with Crippen molar-refractivity contribution in [2.75, 3.05) is 75.8 Å². The minimum absolute atomic E-state index is 0.0752. The van der Waals surface area contributed by atoms with Gasteiger partial charge < -0.3 is 30.2 Å². The van der Waals surface area contributed by atoms with Gasteiger partial charge in [0.15, 0.2) is 0 Å². The Hall–Kier alpha value is -5.90. The van der Waals surface area contributed by atoms with E-state index in [1.807, 2.05) is 18.0 Å². The molecule has 318 valence electrons. The van der Waals surface area contributed by atoms with Gasteiger partial charge >= 0.3 is 6.03 Å². The number of primary amides is 1. The normalized spacial score (nSPS) is 26.9. The number of anilines is 2. The van der Waals surface area contributed by atoms with Crippen LogP contribution in [0, 0.1) is 17.8 Å². The number of urea groups is 1. The number of hydrogen-bond acceptors (Lipinski definition) is 11. The maximum absolute atomic E-state index is 13.4. The maximum atomic E-state index is 13.4. The number of nitrogens with two attached hydrogens (primary N) is 1. The van der Waals surface area contributed by atoms with E-state index in [1.54, 1.807) is 23.2 Å². The third-order valence-electron chi connectivity index (χ3n) is 14.5.